The predicted octanol–water partition coefficient (Wildman–Crippen LogP) is 3.80. The second kappa shape index (κ2) is 4.32. The Bertz CT molecular complexity index is 481. The molecule has 4 bridgehead atoms. The van der Waals surface area contributed by atoms with E-state index in [9.17, 15) is 0 Å². The monoisotopic (exact) mass is 270 g/mol. The van der Waals surface area contributed by atoms with Gasteiger partial charge in [0, 0.05) is 0 Å². The van der Waals surface area contributed by atoms with Crippen LogP contribution >= 0.6 is 0 Å². The molecule has 0 saturated heterocycles. The molecule has 4 aliphatic carbocycles. The van der Waals surface area contributed by atoms with E-state index in [1.54, 1.807) is 0 Å². The number of hydrogen-bond acceptors (Lipinski definition) is 2. The van der Waals surface area contributed by atoms with Crippen LogP contribution in [0.3, 0.4) is 0 Å². The average Bonchev–Trinajstić information content (AvgIpc) is 2.37. The van der Waals surface area contributed by atoms with E-state index >= 15 is 0 Å². The lowest BCUT2D eigenvalue weighted by atomic mass is 9.43. The van der Waals surface area contributed by atoms with Gasteiger partial charge in [-0.15, -0.1) is 0 Å². The van der Waals surface area contributed by atoms with Gasteiger partial charge in [-0.05, 0) is 66.8 Å². The van der Waals surface area contributed by atoms with E-state index in [1.807, 2.05) is 0 Å². The van der Waals surface area contributed by atoms with Crippen LogP contribution in [0.25, 0.3) is 0 Å². The van der Waals surface area contributed by atoms with Crippen LogP contribution in [0.1, 0.15) is 57.1 Å². The standard InChI is InChI=1S/C18H26N2/c1-17-8-13-7-14(9-17)11-18(10-13,12-17)16(20-19)15-5-3-2-4-6-15/h2-6,13-14,16,20H,7-12,19H2,1H3. The van der Waals surface area contributed by atoms with Crippen LogP contribution in [0.4, 0.5) is 0 Å². The predicted molar refractivity (Wildman–Crippen MR) is 81.7 cm³/mol. The lowest BCUT2D eigenvalue weighted by molar-refractivity contribution is -0.119. The van der Waals surface area contributed by atoms with E-state index in [1.165, 1.54) is 44.1 Å². The highest BCUT2D eigenvalue weighted by molar-refractivity contribution is 5.24. The van der Waals surface area contributed by atoms with E-state index in [4.69, 9.17) is 5.84 Å². The van der Waals surface area contributed by atoms with Crippen molar-refractivity contribution in [1.29, 1.82) is 0 Å². The molecule has 2 heteroatoms. The Morgan fingerprint density at radius 1 is 1.10 bits per heavy atom. The Kier molecular flexibility index (Phi) is 2.77. The molecule has 4 aliphatic rings. The first kappa shape index (κ1) is 12.8. The molecule has 3 unspecified atom stereocenters. The van der Waals surface area contributed by atoms with Crippen LogP contribution in [0, 0.1) is 22.7 Å². The Labute approximate surface area is 122 Å². The maximum Gasteiger partial charge on any atom is 0.0516 e. The van der Waals surface area contributed by atoms with Crippen molar-refractivity contribution in [1.82, 2.24) is 5.43 Å². The molecule has 0 radical (unpaired) electrons. The molecule has 3 atom stereocenters. The topological polar surface area (TPSA) is 38.0 Å². The van der Waals surface area contributed by atoms with Crippen molar-refractivity contribution in [2.45, 2.75) is 51.5 Å². The highest BCUT2D eigenvalue weighted by Crippen LogP contribution is 2.68. The summed E-state index contributed by atoms with van der Waals surface area (Å²) in [4.78, 5) is 0. The molecule has 5 rings (SSSR count). The van der Waals surface area contributed by atoms with Gasteiger partial charge in [-0.1, -0.05) is 37.3 Å². The van der Waals surface area contributed by atoms with Crippen molar-refractivity contribution >= 4 is 0 Å². The van der Waals surface area contributed by atoms with E-state index in [-0.39, 0.29) is 0 Å². The summed E-state index contributed by atoms with van der Waals surface area (Å²) in [5, 5.41) is 0. The van der Waals surface area contributed by atoms with Crippen LogP contribution in [0.5, 0.6) is 0 Å². The van der Waals surface area contributed by atoms with Crippen molar-refractivity contribution in [3.05, 3.63) is 35.9 Å². The first-order valence-electron chi connectivity index (χ1n) is 8.14. The summed E-state index contributed by atoms with van der Waals surface area (Å²) in [6.45, 7) is 2.53. The van der Waals surface area contributed by atoms with E-state index in [0.29, 0.717) is 16.9 Å². The quantitative estimate of drug-likeness (QED) is 0.647. The van der Waals surface area contributed by atoms with Crippen molar-refractivity contribution in [2.24, 2.45) is 28.5 Å². The van der Waals surface area contributed by atoms with E-state index in [0.717, 1.165) is 11.8 Å². The minimum Gasteiger partial charge on any atom is -0.271 e. The van der Waals surface area contributed by atoms with Crippen LogP contribution in [0.15, 0.2) is 30.3 Å². The summed E-state index contributed by atoms with van der Waals surface area (Å²) in [5.41, 5.74) is 5.54. The Morgan fingerprint density at radius 3 is 2.30 bits per heavy atom. The second-order valence-corrected chi connectivity index (χ2v) is 8.14. The summed E-state index contributed by atoms with van der Waals surface area (Å²) >= 11 is 0. The molecule has 20 heavy (non-hydrogen) atoms. The highest BCUT2D eigenvalue weighted by Gasteiger charge is 2.58. The molecule has 0 heterocycles. The number of hydrogen-bond donors (Lipinski definition) is 2. The van der Waals surface area contributed by atoms with Gasteiger partial charge < -0.3 is 0 Å². The third kappa shape index (κ3) is 1.85. The zero-order valence-electron chi connectivity index (χ0n) is 12.4. The van der Waals surface area contributed by atoms with E-state index < -0.39 is 0 Å². The van der Waals surface area contributed by atoms with Gasteiger partial charge in [0.25, 0.3) is 0 Å². The van der Waals surface area contributed by atoms with Gasteiger partial charge in [-0.2, -0.15) is 0 Å². The fraction of sp³-hybridized carbons (Fsp3) is 0.667. The lowest BCUT2D eigenvalue weighted by Crippen LogP contribution is -2.56. The maximum absolute atomic E-state index is 6.02. The first-order valence-corrected chi connectivity index (χ1v) is 8.14. The molecular formula is C18H26N2. The van der Waals surface area contributed by atoms with Gasteiger partial charge >= 0.3 is 0 Å². The molecule has 108 valence electrons. The number of rotatable bonds is 3. The molecule has 0 aliphatic heterocycles. The smallest absolute Gasteiger partial charge is 0.0516 e. The van der Waals surface area contributed by atoms with Crippen LogP contribution in [0.2, 0.25) is 0 Å². The van der Waals surface area contributed by atoms with Gasteiger partial charge in [0.1, 0.15) is 0 Å². The normalized spacial score (nSPS) is 43.7. The van der Waals surface area contributed by atoms with Crippen LogP contribution < -0.4 is 11.3 Å². The van der Waals surface area contributed by atoms with Gasteiger partial charge in [-0.3, -0.25) is 11.3 Å². The van der Waals surface area contributed by atoms with Crippen molar-refractivity contribution in [2.75, 3.05) is 0 Å². The molecule has 1 aromatic rings. The molecule has 0 spiro atoms. The third-order valence-electron chi connectivity index (χ3n) is 6.31. The lowest BCUT2D eigenvalue weighted by Gasteiger charge is -2.63. The Balaban J connectivity index is 1.73. The molecule has 2 nitrogen and oxygen atoms in total. The van der Waals surface area contributed by atoms with E-state index in [2.05, 4.69) is 42.7 Å². The molecular weight excluding hydrogens is 244 g/mol. The maximum atomic E-state index is 6.02. The fourth-order valence-corrected chi connectivity index (χ4v) is 6.41. The molecule has 4 fully saturated rings. The molecule has 3 N–H and O–H groups in total. The summed E-state index contributed by atoms with van der Waals surface area (Å²) < 4.78 is 0. The largest absolute Gasteiger partial charge is 0.271 e. The Hall–Kier alpha value is -0.860. The minimum atomic E-state index is 0.328. The van der Waals surface area contributed by atoms with Gasteiger partial charge in [-0.25, -0.2) is 0 Å². The highest BCUT2D eigenvalue weighted by atomic mass is 15.2. The minimum absolute atomic E-state index is 0.328. The summed E-state index contributed by atoms with van der Waals surface area (Å²) in [6, 6.07) is 11.2. The van der Waals surface area contributed by atoms with Gasteiger partial charge in [0.15, 0.2) is 0 Å². The molecule has 0 aromatic heterocycles. The van der Waals surface area contributed by atoms with Crippen LogP contribution in [-0.4, -0.2) is 0 Å². The summed E-state index contributed by atoms with van der Waals surface area (Å²) in [5.74, 6) is 7.91. The fourth-order valence-electron chi connectivity index (χ4n) is 6.41. The molecule has 1 aromatic carbocycles. The van der Waals surface area contributed by atoms with Gasteiger partial charge in [0.05, 0.1) is 6.04 Å². The van der Waals surface area contributed by atoms with Crippen LogP contribution in [-0.2, 0) is 0 Å². The summed E-state index contributed by atoms with van der Waals surface area (Å²) in [7, 11) is 0. The third-order valence-corrected chi connectivity index (χ3v) is 6.31. The second-order valence-electron chi connectivity index (χ2n) is 8.14. The van der Waals surface area contributed by atoms with Crippen molar-refractivity contribution in [3.8, 4) is 0 Å². The Morgan fingerprint density at radius 2 is 1.75 bits per heavy atom. The molecule has 4 saturated carbocycles. The SMILES string of the molecule is CC12CC3CC(C1)CC(C(NN)c1ccccc1)(C3)C2. The zero-order chi connectivity index (χ0) is 13.8. The van der Waals surface area contributed by atoms with Crippen molar-refractivity contribution < 1.29 is 0 Å². The van der Waals surface area contributed by atoms with Gasteiger partial charge in [0.2, 0.25) is 0 Å². The average molecular weight is 270 g/mol. The number of benzene rings is 1. The first-order chi connectivity index (χ1) is 9.62. The summed E-state index contributed by atoms with van der Waals surface area (Å²) in [6.07, 6.45) is 8.50. The number of hydrazine groups is 1. The molecule has 0 amide bonds. The van der Waals surface area contributed by atoms with Crippen molar-refractivity contribution in [3.63, 3.8) is 0 Å². The number of nitrogens with two attached hydrogens (primary N) is 1. The zero-order valence-corrected chi connectivity index (χ0v) is 12.4. The number of nitrogens with one attached hydrogen (secondary N) is 1.